The smallest absolute Gasteiger partial charge is 0.253 e. The number of pyridine rings is 1. The van der Waals surface area contributed by atoms with Crippen LogP contribution in [0.25, 0.3) is 11.5 Å². The first-order chi connectivity index (χ1) is 11.4. The molecule has 0 aliphatic carbocycles. The molecular formula is C15H10F3N5S. The summed E-state index contributed by atoms with van der Waals surface area (Å²) in [5, 5.41) is 10.9. The molecule has 2 heterocycles. The molecule has 0 amide bonds. The molecule has 0 unspecified atom stereocenters. The van der Waals surface area contributed by atoms with E-state index in [1.807, 2.05) is 0 Å². The minimum Gasteiger partial charge on any atom is -0.253 e. The molecular weight excluding hydrogens is 339 g/mol. The van der Waals surface area contributed by atoms with Crippen LogP contribution in [-0.4, -0.2) is 26.1 Å². The van der Waals surface area contributed by atoms with Crippen molar-refractivity contribution in [1.82, 2.24) is 19.9 Å². The SMILES string of the molecule is FC(F)(F)c1ccc(/C=N/n2c(-c3ccccn3)n[nH]c2=S)cc1. The number of hydrogen-bond acceptors (Lipinski definition) is 4. The largest absolute Gasteiger partial charge is 0.416 e. The van der Waals surface area contributed by atoms with Crippen molar-refractivity contribution in [2.75, 3.05) is 0 Å². The average molecular weight is 349 g/mol. The number of alkyl halides is 3. The van der Waals surface area contributed by atoms with E-state index in [1.54, 1.807) is 24.4 Å². The van der Waals surface area contributed by atoms with E-state index in [9.17, 15) is 13.2 Å². The van der Waals surface area contributed by atoms with Crippen molar-refractivity contribution in [3.05, 3.63) is 64.6 Å². The first kappa shape index (κ1) is 16.1. The highest BCUT2D eigenvalue weighted by atomic mass is 32.1. The molecule has 0 spiro atoms. The van der Waals surface area contributed by atoms with Crippen molar-refractivity contribution in [3.8, 4) is 11.5 Å². The molecule has 0 radical (unpaired) electrons. The highest BCUT2D eigenvalue weighted by Crippen LogP contribution is 2.28. The van der Waals surface area contributed by atoms with Gasteiger partial charge in [-0.05, 0) is 42.0 Å². The number of nitrogens with zero attached hydrogens (tertiary/aromatic N) is 4. The zero-order chi connectivity index (χ0) is 17.2. The second-order valence-electron chi connectivity index (χ2n) is 4.74. The third-order valence-electron chi connectivity index (χ3n) is 3.10. The number of rotatable bonds is 3. The summed E-state index contributed by atoms with van der Waals surface area (Å²) in [4.78, 5) is 4.17. The zero-order valence-corrected chi connectivity index (χ0v) is 12.8. The molecule has 2 aromatic heterocycles. The van der Waals surface area contributed by atoms with E-state index in [2.05, 4.69) is 20.3 Å². The van der Waals surface area contributed by atoms with Gasteiger partial charge >= 0.3 is 6.18 Å². The van der Waals surface area contributed by atoms with E-state index in [-0.39, 0.29) is 4.77 Å². The summed E-state index contributed by atoms with van der Waals surface area (Å²) < 4.78 is 39.3. The molecule has 0 bridgehead atoms. The maximum Gasteiger partial charge on any atom is 0.416 e. The molecule has 3 rings (SSSR count). The summed E-state index contributed by atoms with van der Waals surface area (Å²) in [6.07, 6.45) is -1.36. The van der Waals surface area contributed by atoms with Crippen LogP contribution in [0.15, 0.2) is 53.8 Å². The number of aromatic nitrogens is 4. The molecule has 5 nitrogen and oxygen atoms in total. The van der Waals surface area contributed by atoms with Gasteiger partial charge in [0.2, 0.25) is 10.6 Å². The molecule has 0 fully saturated rings. The predicted molar refractivity (Wildman–Crippen MR) is 85.1 cm³/mol. The van der Waals surface area contributed by atoms with E-state index in [1.165, 1.54) is 23.0 Å². The number of H-pyrrole nitrogens is 1. The second-order valence-corrected chi connectivity index (χ2v) is 5.13. The summed E-state index contributed by atoms with van der Waals surface area (Å²) in [7, 11) is 0. The minimum atomic E-state index is -4.37. The van der Waals surface area contributed by atoms with Crippen LogP contribution >= 0.6 is 12.2 Å². The van der Waals surface area contributed by atoms with Gasteiger partial charge in [0, 0.05) is 6.20 Å². The van der Waals surface area contributed by atoms with Gasteiger partial charge in [0.25, 0.3) is 0 Å². The lowest BCUT2D eigenvalue weighted by Gasteiger charge is -2.05. The molecule has 1 N–H and O–H groups in total. The van der Waals surface area contributed by atoms with Crippen molar-refractivity contribution >= 4 is 18.4 Å². The van der Waals surface area contributed by atoms with Gasteiger partial charge in [-0.3, -0.25) is 4.98 Å². The Hall–Kier alpha value is -2.81. The third kappa shape index (κ3) is 3.40. The third-order valence-corrected chi connectivity index (χ3v) is 3.37. The van der Waals surface area contributed by atoms with E-state index in [4.69, 9.17) is 12.2 Å². The number of aromatic amines is 1. The minimum absolute atomic E-state index is 0.249. The lowest BCUT2D eigenvalue weighted by molar-refractivity contribution is -0.137. The Morgan fingerprint density at radius 1 is 1.12 bits per heavy atom. The lowest BCUT2D eigenvalue weighted by Crippen LogP contribution is -2.04. The zero-order valence-electron chi connectivity index (χ0n) is 12.0. The van der Waals surface area contributed by atoms with E-state index >= 15 is 0 Å². The standard InChI is InChI=1S/C15H10F3N5S/c16-15(17,18)11-6-4-10(5-7-11)9-20-23-13(21-22-14(23)24)12-3-1-2-8-19-12/h1-9H,(H,22,24)/b20-9+. The summed E-state index contributed by atoms with van der Waals surface area (Å²) in [5.74, 6) is 0.406. The van der Waals surface area contributed by atoms with E-state index < -0.39 is 11.7 Å². The summed E-state index contributed by atoms with van der Waals surface area (Å²) in [6, 6.07) is 9.96. The quantitative estimate of drug-likeness (QED) is 0.576. The van der Waals surface area contributed by atoms with Gasteiger partial charge in [-0.1, -0.05) is 18.2 Å². The maximum absolute atomic E-state index is 12.6. The van der Waals surface area contributed by atoms with Crippen molar-refractivity contribution < 1.29 is 13.2 Å². The fraction of sp³-hybridized carbons (Fsp3) is 0.0667. The van der Waals surface area contributed by atoms with Gasteiger partial charge in [-0.25, -0.2) is 5.10 Å². The van der Waals surface area contributed by atoms with Gasteiger partial charge in [0.1, 0.15) is 5.69 Å². The summed E-state index contributed by atoms with van der Waals surface area (Å²) >= 11 is 5.11. The van der Waals surface area contributed by atoms with Crippen LogP contribution < -0.4 is 0 Å². The molecule has 0 atom stereocenters. The van der Waals surface area contributed by atoms with Crippen LogP contribution in [-0.2, 0) is 6.18 Å². The van der Waals surface area contributed by atoms with Crippen molar-refractivity contribution in [2.45, 2.75) is 6.18 Å². The predicted octanol–water partition coefficient (Wildman–Crippen LogP) is 3.90. The normalized spacial score (nSPS) is 12.0. The van der Waals surface area contributed by atoms with Gasteiger partial charge in [0.15, 0.2) is 0 Å². The van der Waals surface area contributed by atoms with Gasteiger partial charge < -0.3 is 0 Å². The molecule has 1 aromatic carbocycles. The van der Waals surface area contributed by atoms with Gasteiger partial charge in [0.05, 0.1) is 11.8 Å². The number of nitrogens with one attached hydrogen (secondary N) is 1. The van der Waals surface area contributed by atoms with E-state index in [0.29, 0.717) is 17.1 Å². The number of hydrogen-bond donors (Lipinski definition) is 1. The molecule has 24 heavy (non-hydrogen) atoms. The van der Waals surface area contributed by atoms with Crippen LogP contribution in [0.1, 0.15) is 11.1 Å². The molecule has 0 saturated heterocycles. The van der Waals surface area contributed by atoms with E-state index in [0.717, 1.165) is 12.1 Å². The highest BCUT2D eigenvalue weighted by molar-refractivity contribution is 7.71. The number of benzene rings is 1. The van der Waals surface area contributed by atoms with Crippen LogP contribution in [0.3, 0.4) is 0 Å². The second kappa shape index (κ2) is 6.36. The molecule has 0 aliphatic rings. The average Bonchev–Trinajstić information content (AvgIpc) is 2.94. The van der Waals surface area contributed by atoms with Crippen molar-refractivity contribution in [2.24, 2.45) is 5.10 Å². The first-order valence-corrected chi connectivity index (χ1v) is 7.16. The fourth-order valence-electron chi connectivity index (χ4n) is 1.94. The Bertz CT molecular complexity index is 911. The first-order valence-electron chi connectivity index (χ1n) is 6.75. The van der Waals surface area contributed by atoms with Crippen LogP contribution in [0.5, 0.6) is 0 Å². The Morgan fingerprint density at radius 2 is 1.88 bits per heavy atom. The molecule has 3 aromatic rings. The summed E-state index contributed by atoms with van der Waals surface area (Å²) in [5.41, 5.74) is 0.348. The van der Waals surface area contributed by atoms with Gasteiger partial charge in [-0.15, -0.1) is 0 Å². The maximum atomic E-state index is 12.6. The number of halogens is 3. The Balaban J connectivity index is 1.91. The van der Waals surface area contributed by atoms with Crippen LogP contribution in [0.2, 0.25) is 0 Å². The Kier molecular flexibility index (Phi) is 4.26. The summed E-state index contributed by atoms with van der Waals surface area (Å²) in [6.45, 7) is 0. The Morgan fingerprint density at radius 3 is 2.50 bits per heavy atom. The molecule has 0 saturated carbocycles. The van der Waals surface area contributed by atoms with Gasteiger partial charge in [-0.2, -0.15) is 28.0 Å². The highest BCUT2D eigenvalue weighted by Gasteiger charge is 2.29. The monoisotopic (exact) mass is 349 g/mol. The van der Waals surface area contributed by atoms with Crippen LogP contribution in [0, 0.1) is 4.77 Å². The molecule has 122 valence electrons. The Labute approximate surface area is 139 Å². The molecule has 9 heteroatoms. The lowest BCUT2D eigenvalue weighted by atomic mass is 10.1. The van der Waals surface area contributed by atoms with Crippen molar-refractivity contribution in [1.29, 1.82) is 0 Å². The van der Waals surface area contributed by atoms with Crippen molar-refractivity contribution in [3.63, 3.8) is 0 Å². The van der Waals surface area contributed by atoms with Crippen LogP contribution in [0.4, 0.5) is 13.2 Å². The fourth-order valence-corrected chi connectivity index (χ4v) is 2.12. The molecule has 0 aliphatic heterocycles. The topological polar surface area (TPSA) is 58.9 Å².